The molecule has 15 heteroatoms. The maximum absolute atomic E-state index is 14.9. The molecule has 0 radical (unpaired) electrons. The molecular formula is C22H16BrCl3F7NO2S. The van der Waals surface area contributed by atoms with E-state index in [4.69, 9.17) is 34.8 Å². The largest absolute Gasteiger partial charge is 0.400 e. The number of allylic oxidation sites excluding steroid dienone is 1. The van der Waals surface area contributed by atoms with Gasteiger partial charge in [-0.2, -0.15) is 26.3 Å². The van der Waals surface area contributed by atoms with Gasteiger partial charge in [-0.05, 0) is 58.8 Å². The van der Waals surface area contributed by atoms with Gasteiger partial charge in [0, 0.05) is 32.6 Å². The molecule has 3 unspecified atom stereocenters. The second kappa shape index (κ2) is 12.7. The van der Waals surface area contributed by atoms with E-state index >= 15 is 0 Å². The lowest BCUT2D eigenvalue weighted by Crippen LogP contribution is -2.38. The van der Waals surface area contributed by atoms with E-state index < -0.39 is 63.9 Å². The van der Waals surface area contributed by atoms with Crippen LogP contribution in [0.5, 0.6) is 0 Å². The Labute approximate surface area is 232 Å². The van der Waals surface area contributed by atoms with E-state index in [1.54, 1.807) is 0 Å². The summed E-state index contributed by atoms with van der Waals surface area (Å²) in [5.74, 6) is -6.47. The van der Waals surface area contributed by atoms with Gasteiger partial charge in [0.25, 0.3) is 5.91 Å². The standard InChI is InChI=1S/C22H16BrCl3F7NO2S/c1-10(8-37(36)9-21(28,29)30)34-20(35)13-3-2-11(4-15(13)23)18(27)7-14(22(31,32)33)12-5-16(24)19(26)17(25)6-12/h2-7,10,14H,8-9H2,1H3,(H,34,35)/b18-7-. The summed E-state index contributed by atoms with van der Waals surface area (Å²) in [6, 6.07) is 4.16. The predicted molar refractivity (Wildman–Crippen MR) is 134 cm³/mol. The van der Waals surface area contributed by atoms with E-state index in [0.717, 1.165) is 30.3 Å². The maximum atomic E-state index is 14.9. The normalized spacial score (nSPS) is 15.3. The van der Waals surface area contributed by atoms with Crippen molar-refractivity contribution in [2.24, 2.45) is 0 Å². The fourth-order valence-electron chi connectivity index (χ4n) is 3.09. The van der Waals surface area contributed by atoms with Crippen molar-refractivity contribution in [1.29, 1.82) is 0 Å². The molecule has 0 fully saturated rings. The lowest BCUT2D eigenvalue weighted by Gasteiger charge is -2.19. The molecule has 0 aliphatic heterocycles. The fraction of sp³-hybridized carbons (Fsp3) is 0.318. The van der Waals surface area contributed by atoms with Crippen LogP contribution in [0.3, 0.4) is 0 Å². The van der Waals surface area contributed by atoms with Gasteiger partial charge in [0.15, 0.2) is 0 Å². The van der Waals surface area contributed by atoms with E-state index in [2.05, 4.69) is 21.2 Å². The summed E-state index contributed by atoms with van der Waals surface area (Å²) in [5.41, 5.74) is -0.828. The molecule has 2 aromatic rings. The Morgan fingerprint density at radius 3 is 2.14 bits per heavy atom. The molecule has 0 spiro atoms. The summed E-state index contributed by atoms with van der Waals surface area (Å²) in [6.07, 6.45) is -9.23. The van der Waals surface area contributed by atoms with Crippen LogP contribution in [0.15, 0.2) is 40.9 Å². The highest BCUT2D eigenvalue weighted by molar-refractivity contribution is 9.10. The monoisotopic (exact) mass is 675 g/mol. The van der Waals surface area contributed by atoms with Crippen LogP contribution in [-0.2, 0) is 10.8 Å². The molecule has 0 saturated heterocycles. The van der Waals surface area contributed by atoms with Crippen molar-refractivity contribution >= 4 is 73.3 Å². The highest BCUT2D eigenvalue weighted by atomic mass is 79.9. The van der Waals surface area contributed by atoms with Gasteiger partial charge in [0.2, 0.25) is 0 Å². The van der Waals surface area contributed by atoms with E-state index in [-0.39, 0.29) is 30.7 Å². The summed E-state index contributed by atoms with van der Waals surface area (Å²) < 4.78 is 105. The van der Waals surface area contributed by atoms with Crippen LogP contribution in [0.1, 0.15) is 34.3 Å². The molecule has 0 heterocycles. The lowest BCUT2D eigenvalue weighted by molar-refractivity contribution is -0.139. The Kier molecular flexibility index (Phi) is 10.9. The van der Waals surface area contributed by atoms with Crippen molar-refractivity contribution in [1.82, 2.24) is 5.32 Å². The van der Waals surface area contributed by atoms with Crippen LogP contribution in [0, 0.1) is 0 Å². The number of halogens is 11. The van der Waals surface area contributed by atoms with Gasteiger partial charge in [-0.3, -0.25) is 9.00 Å². The number of hydrogen-bond acceptors (Lipinski definition) is 2. The third-order valence-corrected chi connectivity index (χ3v) is 8.03. The molecule has 0 aliphatic carbocycles. The summed E-state index contributed by atoms with van der Waals surface area (Å²) in [7, 11) is -2.27. The van der Waals surface area contributed by atoms with Gasteiger partial charge in [0.1, 0.15) is 17.5 Å². The number of rotatable bonds is 8. The van der Waals surface area contributed by atoms with Crippen LogP contribution >= 0.6 is 50.7 Å². The Hall–Kier alpha value is -1.34. The summed E-state index contributed by atoms with van der Waals surface area (Å²) >= 11 is 20.5. The van der Waals surface area contributed by atoms with Gasteiger partial charge in [0.05, 0.1) is 20.6 Å². The minimum Gasteiger partial charge on any atom is -0.349 e. The van der Waals surface area contributed by atoms with Crippen molar-refractivity contribution < 1.29 is 39.7 Å². The summed E-state index contributed by atoms with van der Waals surface area (Å²) in [4.78, 5) is 12.5. The molecule has 2 aromatic carbocycles. The number of benzene rings is 2. The van der Waals surface area contributed by atoms with Crippen molar-refractivity contribution in [2.75, 3.05) is 11.5 Å². The quantitative estimate of drug-likeness (QED) is 0.225. The molecule has 0 aliphatic rings. The molecule has 0 aromatic heterocycles. The van der Waals surface area contributed by atoms with Crippen LogP contribution in [0.25, 0.3) is 5.83 Å². The first kappa shape index (κ1) is 31.9. The van der Waals surface area contributed by atoms with E-state index in [9.17, 15) is 39.7 Å². The van der Waals surface area contributed by atoms with Gasteiger partial charge in [-0.1, -0.05) is 40.9 Å². The van der Waals surface area contributed by atoms with Crippen LogP contribution in [0.4, 0.5) is 30.7 Å². The number of alkyl halides is 6. The maximum Gasteiger partial charge on any atom is 0.400 e. The Balaban J connectivity index is 2.26. The third-order valence-electron chi connectivity index (χ3n) is 4.66. The number of amides is 1. The molecule has 37 heavy (non-hydrogen) atoms. The van der Waals surface area contributed by atoms with Crippen LogP contribution < -0.4 is 5.32 Å². The molecule has 0 saturated carbocycles. The van der Waals surface area contributed by atoms with Crippen molar-refractivity contribution in [3.63, 3.8) is 0 Å². The zero-order chi connectivity index (χ0) is 28.3. The Morgan fingerprint density at radius 2 is 1.65 bits per heavy atom. The Morgan fingerprint density at radius 1 is 1.08 bits per heavy atom. The fourth-order valence-corrected chi connectivity index (χ4v) is 5.38. The first-order valence-electron chi connectivity index (χ1n) is 10.00. The zero-order valence-electron chi connectivity index (χ0n) is 18.4. The van der Waals surface area contributed by atoms with Gasteiger partial charge in [-0.15, -0.1) is 0 Å². The minimum absolute atomic E-state index is 0.00388. The highest BCUT2D eigenvalue weighted by Gasteiger charge is 2.40. The molecule has 0 bridgehead atoms. The molecule has 204 valence electrons. The van der Waals surface area contributed by atoms with Crippen molar-refractivity contribution in [3.8, 4) is 0 Å². The van der Waals surface area contributed by atoms with E-state index in [0.29, 0.717) is 6.08 Å². The number of hydrogen-bond donors (Lipinski definition) is 1. The second-order valence-corrected chi connectivity index (χ2v) is 11.3. The molecule has 3 atom stereocenters. The highest BCUT2D eigenvalue weighted by Crippen LogP contribution is 2.42. The van der Waals surface area contributed by atoms with Crippen molar-refractivity contribution in [2.45, 2.75) is 31.2 Å². The first-order valence-corrected chi connectivity index (χ1v) is 13.4. The molecule has 2 rings (SSSR count). The van der Waals surface area contributed by atoms with Crippen LogP contribution in [0.2, 0.25) is 15.1 Å². The summed E-state index contributed by atoms with van der Waals surface area (Å²) in [6.45, 7) is 1.35. The second-order valence-electron chi connectivity index (χ2n) is 7.77. The van der Waals surface area contributed by atoms with Gasteiger partial charge < -0.3 is 5.32 Å². The molecule has 1 N–H and O–H groups in total. The molecule has 1 amide bonds. The third kappa shape index (κ3) is 9.42. The van der Waals surface area contributed by atoms with E-state index in [1.807, 2.05) is 0 Å². The summed E-state index contributed by atoms with van der Waals surface area (Å²) in [5, 5.41) is 1.72. The first-order chi connectivity index (χ1) is 16.9. The molecular weight excluding hydrogens is 662 g/mol. The molecule has 3 nitrogen and oxygen atoms in total. The average Bonchev–Trinajstić information content (AvgIpc) is 2.72. The number of carbonyl (C=O) groups is 1. The predicted octanol–water partition coefficient (Wildman–Crippen LogP) is 8.50. The van der Waals surface area contributed by atoms with Gasteiger partial charge in [-0.25, -0.2) is 4.39 Å². The zero-order valence-corrected chi connectivity index (χ0v) is 23.1. The number of carbonyl (C=O) groups excluding carboxylic acids is 1. The van der Waals surface area contributed by atoms with Crippen molar-refractivity contribution in [3.05, 3.63) is 72.6 Å². The smallest absolute Gasteiger partial charge is 0.349 e. The topological polar surface area (TPSA) is 46.2 Å². The SMILES string of the molecule is CC(CS(=O)CC(F)(F)F)NC(=O)c1ccc(/C(F)=C/C(c2cc(Cl)c(Cl)c(Cl)c2)C(F)(F)F)cc1Br. The minimum atomic E-state index is -4.92. The van der Waals surface area contributed by atoms with Crippen LogP contribution in [-0.4, -0.2) is 40.0 Å². The lowest BCUT2D eigenvalue weighted by atomic mass is 9.96. The van der Waals surface area contributed by atoms with E-state index in [1.165, 1.54) is 6.92 Å². The van der Waals surface area contributed by atoms with Gasteiger partial charge >= 0.3 is 12.4 Å². The Bertz CT molecular complexity index is 1200. The number of nitrogens with one attached hydrogen (secondary N) is 1. The average molecular weight is 678 g/mol.